The van der Waals surface area contributed by atoms with Gasteiger partial charge in [-0.1, -0.05) is 5.16 Å². The highest BCUT2D eigenvalue weighted by molar-refractivity contribution is 5.98. The average Bonchev–Trinajstić information content (AvgIpc) is 3.44. The van der Waals surface area contributed by atoms with E-state index in [1.165, 1.54) is 0 Å². The van der Waals surface area contributed by atoms with Gasteiger partial charge in [-0.05, 0) is 64.3 Å². The van der Waals surface area contributed by atoms with Crippen LogP contribution in [0.25, 0.3) is 10.9 Å². The van der Waals surface area contributed by atoms with Gasteiger partial charge >= 0.3 is 6.03 Å². The van der Waals surface area contributed by atoms with Crippen molar-refractivity contribution >= 4 is 22.8 Å². The molecule has 1 fully saturated rings. The summed E-state index contributed by atoms with van der Waals surface area (Å²) in [5, 5.41) is 7.67. The van der Waals surface area contributed by atoms with Crippen LogP contribution in [0, 0.1) is 0 Å². The molecule has 1 aliphatic carbocycles. The highest BCUT2D eigenvalue weighted by atomic mass is 16.5. The van der Waals surface area contributed by atoms with Gasteiger partial charge in [-0.2, -0.15) is 0 Å². The van der Waals surface area contributed by atoms with Crippen LogP contribution in [0.2, 0.25) is 0 Å². The number of carbonyl (C=O) groups excluding carboxylic acids is 1. The summed E-state index contributed by atoms with van der Waals surface area (Å²) in [6.45, 7) is 7.43. The lowest BCUT2D eigenvalue weighted by molar-refractivity contribution is 0.137. The summed E-state index contributed by atoms with van der Waals surface area (Å²) in [7, 11) is 0. The quantitative estimate of drug-likeness (QED) is 0.419. The number of nitrogens with zero attached hydrogens (tertiary/aromatic N) is 5. The van der Waals surface area contributed by atoms with Crippen molar-refractivity contribution in [2.75, 3.05) is 5.32 Å². The Kier molecular flexibility index (Phi) is 5.29. The molecule has 3 aromatic heterocycles. The number of amides is 1. The molecule has 1 amide bonds. The van der Waals surface area contributed by atoms with Gasteiger partial charge in [0.15, 0.2) is 5.82 Å². The number of carbonyl (C=O) groups is 1. The Bertz CT molecular complexity index is 1400. The lowest BCUT2D eigenvalue weighted by Crippen LogP contribution is -2.43. The molecule has 9 heteroatoms. The number of nitrogens with one attached hydrogen (secondary N) is 1. The zero-order chi connectivity index (χ0) is 24.1. The number of hydrogen-bond donors (Lipinski definition) is 1. The number of anilines is 1. The number of ether oxygens (including phenoxy) is 1. The lowest BCUT2D eigenvalue weighted by Gasteiger charge is -2.37. The van der Waals surface area contributed by atoms with Gasteiger partial charge in [0.25, 0.3) is 0 Å². The fourth-order valence-corrected chi connectivity index (χ4v) is 4.84. The van der Waals surface area contributed by atoms with Crippen LogP contribution in [-0.4, -0.2) is 42.7 Å². The molecule has 1 saturated carbocycles. The Morgan fingerprint density at radius 3 is 2.86 bits per heavy atom. The van der Waals surface area contributed by atoms with E-state index in [2.05, 4.69) is 46.1 Å². The molecular formula is C26H28N6O3. The highest BCUT2D eigenvalue weighted by Gasteiger charge is 2.29. The third kappa shape index (κ3) is 4.16. The fraction of sp³-hybridized carbons (Fsp3) is 0.385. The predicted octanol–water partition coefficient (Wildman–Crippen LogP) is 5.32. The minimum Gasteiger partial charge on any atom is -0.439 e. The van der Waals surface area contributed by atoms with Gasteiger partial charge < -0.3 is 9.26 Å². The minimum absolute atomic E-state index is 0.294. The molecule has 9 nitrogen and oxygen atoms in total. The van der Waals surface area contributed by atoms with Crippen LogP contribution in [0.3, 0.4) is 0 Å². The van der Waals surface area contributed by atoms with Crippen LogP contribution in [0.4, 0.5) is 10.6 Å². The van der Waals surface area contributed by atoms with E-state index in [0.29, 0.717) is 35.4 Å². The van der Waals surface area contributed by atoms with Gasteiger partial charge in [0.2, 0.25) is 5.88 Å². The molecule has 6 rings (SSSR count). The molecule has 0 unspecified atom stereocenters. The van der Waals surface area contributed by atoms with Crippen LogP contribution in [0.1, 0.15) is 56.5 Å². The molecule has 2 aliphatic rings. The summed E-state index contributed by atoms with van der Waals surface area (Å²) in [5.74, 6) is 2.97. The SMILES string of the molecule is CC(C)N1Cc2ncnc(Oc3ccc4c(ccn4C(=O)Nc4cc(C5CC5)on4)c3)c2C[C@@H]1C. The van der Waals surface area contributed by atoms with Gasteiger partial charge in [-0.15, -0.1) is 0 Å². The van der Waals surface area contributed by atoms with Crippen LogP contribution in [-0.2, 0) is 13.0 Å². The molecule has 1 atom stereocenters. The van der Waals surface area contributed by atoms with Gasteiger partial charge in [0.1, 0.15) is 17.8 Å². The molecule has 0 spiro atoms. The monoisotopic (exact) mass is 472 g/mol. The summed E-state index contributed by atoms with van der Waals surface area (Å²) in [6.07, 6.45) is 6.37. The van der Waals surface area contributed by atoms with E-state index in [1.54, 1.807) is 23.2 Å². The Morgan fingerprint density at radius 1 is 1.20 bits per heavy atom. The van der Waals surface area contributed by atoms with Crippen molar-refractivity contribution < 1.29 is 14.1 Å². The zero-order valence-electron chi connectivity index (χ0n) is 20.1. The van der Waals surface area contributed by atoms with Crippen LogP contribution < -0.4 is 10.1 Å². The van der Waals surface area contributed by atoms with Crippen molar-refractivity contribution in [3.05, 3.63) is 59.9 Å². The van der Waals surface area contributed by atoms with E-state index in [-0.39, 0.29) is 6.03 Å². The first-order valence-electron chi connectivity index (χ1n) is 12.1. The number of rotatable bonds is 5. The number of hydrogen-bond acceptors (Lipinski definition) is 7. The number of fused-ring (bicyclic) bond motifs is 2. The van der Waals surface area contributed by atoms with Crippen molar-refractivity contribution in [1.82, 2.24) is 24.6 Å². The third-order valence-electron chi connectivity index (χ3n) is 6.89. The molecule has 1 N–H and O–H groups in total. The first-order valence-corrected chi connectivity index (χ1v) is 12.1. The van der Waals surface area contributed by atoms with E-state index in [9.17, 15) is 4.79 Å². The van der Waals surface area contributed by atoms with Crippen molar-refractivity contribution in [2.24, 2.45) is 0 Å². The second-order valence-electron chi connectivity index (χ2n) is 9.75. The van der Waals surface area contributed by atoms with E-state index < -0.39 is 0 Å². The van der Waals surface area contributed by atoms with Gasteiger partial charge in [-0.3, -0.25) is 14.8 Å². The highest BCUT2D eigenvalue weighted by Crippen LogP contribution is 2.40. The Labute approximate surface area is 203 Å². The molecule has 0 radical (unpaired) electrons. The molecule has 180 valence electrons. The maximum atomic E-state index is 12.8. The molecule has 0 bridgehead atoms. The topological polar surface area (TPSA) is 98.3 Å². The van der Waals surface area contributed by atoms with Gasteiger partial charge in [0, 0.05) is 47.8 Å². The smallest absolute Gasteiger partial charge is 0.331 e. The maximum absolute atomic E-state index is 12.8. The normalized spacial score (nSPS) is 18.1. The average molecular weight is 473 g/mol. The van der Waals surface area contributed by atoms with Gasteiger partial charge in [0.05, 0.1) is 11.2 Å². The molecule has 4 heterocycles. The fourth-order valence-electron chi connectivity index (χ4n) is 4.84. The Hall–Kier alpha value is -3.72. The molecular weight excluding hydrogens is 444 g/mol. The number of benzene rings is 1. The first kappa shape index (κ1) is 21.8. The zero-order valence-corrected chi connectivity index (χ0v) is 20.1. The Morgan fingerprint density at radius 2 is 2.06 bits per heavy atom. The van der Waals surface area contributed by atoms with Gasteiger partial charge in [-0.25, -0.2) is 14.8 Å². The summed E-state index contributed by atoms with van der Waals surface area (Å²) >= 11 is 0. The standard InChI is InChI=1S/C26H28N6O3/c1-15(2)32-13-21-20(10-16(32)3)25(28-14-27-21)34-19-6-7-22-18(11-19)8-9-31(22)26(33)29-24-12-23(35-30-24)17-4-5-17/h6-9,11-12,14-17H,4-5,10,13H2,1-3H3,(H,29,30,33)/t16-/m0/s1. The van der Waals surface area contributed by atoms with Crippen LogP contribution >= 0.6 is 0 Å². The van der Waals surface area contributed by atoms with Crippen molar-refractivity contribution in [3.63, 3.8) is 0 Å². The van der Waals surface area contributed by atoms with Crippen LogP contribution in [0.5, 0.6) is 11.6 Å². The lowest BCUT2D eigenvalue weighted by atomic mass is 9.98. The summed E-state index contributed by atoms with van der Waals surface area (Å²) < 4.78 is 13.1. The van der Waals surface area contributed by atoms with Crippen molar-refractivity contribution in [2.45, 2.75) is 64.6 Å². The molecule has 0 saturated heterocycles. The Balaban J connectivity index is 1.21. The predicted molar refractivity (Wildman–Crippen MR) is 131 cm³/mol. The summed E-state index contributed by atoms with van der Waals surface area (Å²) in [6, 6.07) is 9.88. The largest absolute Gasteiger partial charge is 0.439 e. The third-order valence-corrected chi connectivity index (χ3v) is 6.89. The number of aromatic nitrogens is 4. The van der Waals surface area contributed by atoms with E-state index in [4.69, 9.17) is 9.26 Å². The van der Waals surface area contributed by atoms with Crippen molar-refractivity contribution in [1.29, 1.82) is 0 Å². The molecule has 1 aliphatic heterocycles. The second kappa shape index (κ2) is 8.49. The molecule has 4 aromatic rings. The van der Waals surface area contributed by atoms with Crippen molar-refractivity contribution in [3.8, 4) is 11.6 Å². The van der Waals surface area contributed by atoms with E-state index in [1.807, 2.05) is 24.3 Å². The molecule has 1 aromatic carbocycles. The van der Waals surface area contributed by atoms with E-state index in [0.717, 1.165) is 53.7 Å². The second-order valence-corrected chi connectivity index (χ2v) is 9.75. The molecule has 35 heavy (non-hydrogen) atoms. The minimum atomic E-state index is -0.294. The van der Waals surface area contributed by atoms with Crippen LogP contribution in [0.15, 0.2) is 47.4 Å². The van der Waals surface area contributed by atoms with E-state index >= 15 is 0 Å². The summed E-state index contributed by atoms with van der Waals surface area (Å²) in [5.41, 5.74) is 2.85. The maximum Gasteiger partial charge on any atom is 0.331 e. The first-order chi connectivity index (χ1) is 17.0. The summed E-state index contributed by atoms with van der Waals surface area (Å²) in [4.78, 5) is 24.2.